The van der Waals surface area contributed by atoms with E-state index in [9.17, 15) is 9.59 Å². The van der Waals surface area contributed by atoms with Crippen LogP contribution in [0.25, 0.3) is 0 Å². The molecule has 1 aromatic carbocycles. The summed E-state index contributed by atoms with van der Waals surface area (Å²) in [5.41, 5.74) is 7.03. The number of hydrogen-bond donors (Lipinski definition) is 2. The topological polar surface area (TPSA) is 75.4 Å². The quantitative estimate of drug-likeness (QED) is 0.751. The predicted octanol–water partition coefficient (Wildman–Crippen LogP) is 1.92. The standard InChI is InChI=1S/C16H23N3O2.ClH/c1-11(20)13-4-3-5-14(8-13)18-16(21)10-19(2)15(9-17)12-6-7-12;/h3-5,8,12,15H,6-7,9-10,17H2,1-2H3,(H,18,21);1H. The number of amides is 1. The molecule has 1 atom stereocenters. The van der Waals surface area contributed by atoms with E-state index in [4.69, 9.17) is 5.73 Å². The molecule has 1 aromatic rings. The Kier molecular flexibility index (Phi) is 7.00. The molecule has 0 saturated heterocycles. The van der Waals surface area contributed by atoms with E-state index in [1.165, 1.54) is 19.8 Å². The second kappa shape index (κ2) is 8.27. The Hall–Kier alpha value is -1.43. The average molecular weight is 326 g/mol. The van der Waals surface area contributed by atoms with Gasteiger partial charge in [0.15, 0.2) is 5.78 Å². The van der Waals surface area contributed by atoms with Crippen LogP contribution in [0.4, 0.5) is 5.69 Å². The molecule has 0 spiro atoms. The third kappa shape index (κ3) is 5.09. The van der Waals surface area contributed by atoms with E-state index in [1.807, 2.05) is 11.9 Å². The highest BCUT2D eigenvalue weighted by Gasteiger charge is 2.33. The number of anilines is 1. The minimum atomic E-state index is -0.0858. The molecule has 122 valence electrons. The van der Waals surface area contributed by atoms with E-state index in [0.29, 0.717) is 30.3 Å². The average Bonchev–Trinajstić information content (AvgIpc) is 3.24. The molecule has 2 rings (SSSR count). The molecule has 6 heteroatoms. The first-order valence-electron chi connectivity index (χ1n) is 7.32. The van der Waals surface area contributed by atoms with Crippen LogP contribution < -0.4 is 11.1 Å². The summed E-state index contributed by atoms with van der Waals surface area (Å²) < 4.78 is 0. The van der Waals surface area contributed by atoms with E-state index >= 15 is 0 Å². The van der Waals surface area contributed by atoms with Gasteiger partial charge in [-0.2, -0.15) is 0 Å². The lowest BCUT2D eigenvalue weighted by molar-refractivity contribution is -0.117. The van der Waals surface area contributed by atoms with Gasteiger partial charge >= 0.3 is 0 Å². The molecule has 0 aliphatic heterocycles. The number of hydrogen-bond acceptors (Lipinski definition) is 4. The maximum atomic E-state index is 12.1. The van der Waals surface area contributed by atoms with Gasteiger partial charge in [-0.05, 0) is 44.9 Å². The lowest BCUT2D eigenvalue weighted by Crippen LogP contribution is -2.43. The molecule has 1 aliphatic rings. The van der Waals surface area contributed by atoms with Crippen LogP contribution in [0.1, 0.15) is 30.1 Å². The molecule has 22 heavy (non-hydrogen) atoms. The fourth-order valence-electron chi connectivity index (χ4n) is 2.57. The number of nitrogens with zero attached hydrogens (tertiary/aromatic N) is 1. The third-order valence-electron chi connectivity index (χ3n) is 3.92. The molecule has 1 amide bonds. The Morgan fingerprint density at radius 1 is 1.41 bits per heavy atom. The summed E-state index contributed by atoms with van der Waals surface area (Å²) in [5, 5.41) is 2.83. The number of ketones is 1. The van der Waals surface area contributed by atoms with Crippen LogP contribution in [-0.2, 0) is 4.79 Å². The summed E-state index contributed by atoms with van der Waals surface area (Å²) in [7, 11) is 1.93. The summed E-state index contributed by atoms with van der Waals surface area (Å²) in [6.45, 7) is 2.40. The fraction of sp³-hybridized carbons (Fsp3) is 0.500. The van der Waals surface area contributed by atoms with Crippen LogP contribution in [0.3, 0.4) is 0 Å². The first-order valence-corrected chi connectivity index (χ1v) is 7.32. The second-order valence-corrected chi connectivity index (χ2v) is 5.74. The molecule has 1 aliphatic carbocycles. The van der Waals surface area contributed by atoms with Crippen LogP contribution >= 0.6 is 12.4 Å². The van der Waals surface area contributed by atoms with Crippen molar-refractivity contribution in [3.8, 4) is 0 Å². The van der Waals surface area contributed by atoms with Crippen molar-refractivity contribution >= 4 is 29.8 Å². The predicted molar refractivity (Wildman–Crippen MR) is 90.5 cm³/mol. The molecule has 0 radical (unpaired) electrons. The highest BCUT2D eigenvalue weighted by molar-refractivity contribution is 5.97. The molecular weight excluding hydrogens is 302 g/mol. The number of Topliss-reactive ketones (excluding diaryl/α,β-unsaturated/α-hetero) is 1. The van der Waals surface area contributed by atoms with E-state index in [1.54, 1.807) is 24.3 Å². The van der Waals surface area contributed by atoms with Crippen molar-refractivity contribution in [2.24, 2.45) is 11.7 Å². The van der Waals surface area contributed by atoms with Gasteiger partial charge in [0.05, 0.1) is 6.54 Å². The Morgan fingerprint density at radius 2 is 2.09 bits per heavy atom. The van der Waals surface area contributed by atoms with Crippen molar-refractivity contribution in [1.29, 1.82) is 0 Å². The highest BCUT2D eigenvalue weighted by atomic mass is 35.5. The molecule has 1 unspecified atom stereocenters. The minimum absolute atomic E-state index is 0. The molecule has 3 N–H and O–H groups in total. The number of benzene rings is 1. The molecule has 1 saturated carbocycles. The summed E-state index contributed by atoms with van der Waals surface area (Å²) in [5.74, 6) is 0.534. The molecule has 0 aromatic heterocycles. The minimum Gasteiger partial charge on any atom is -0.329 e. The monoisotopic (exact) mass is 325 g/mol. The molecule has 0 bridgehead atoms. The van der Waals surface area contributed by atoms with E-state index < -0.39 is 0 Å². The van der Waals surface area contributed by atoms with E-state index in [2.05, 4.69) is 5.32 Å². The summed E-state index contributed by atoms with van der Waals surface area (Å²) in [4.78, 5) is 25.4. The van der Waals surface area contributed by atoms with Crippen molar-refractivity contribution in [2.45, 2.75) is 25.8 Å². The van der Waals surface area contributed by atoms with Crippen molar-refractivity contribution in [1.82, 2.24) is 4.90 Å². The van der Waals surface area contributed by atoms with Gasteiger partial charge in [0.2, 0.25) is 5.91 Å². The Balaban J connectivity index is 0.00000242. The van der Waals surface area contributed by atoms with Crippen molar-refractivity contribution < 1.29 is 9.59 Å². The fourth-order valence-corrected chi connectivity index (χ4v) is 2.57. The molecule has 0 heterocycles. The van der Waals surface area contributed by atoms with Gasteiger partial charge in [-0.1, -0.05) is 12.1 Å². The zero-order valence-electron chi connectivity index (χ0n) is 13.0. The second-order valence-electron chi connectivity index (χ2n) is 5.74. The van der Waals surface area contributed by atoms with Crippen molar-refractivity contribution in [3.63, 3.8) is 0 Å². The molecule has 1 fully saturated rings. The van der Waals surface area contributed by atoms with Crippen molar-refractivity contribution in [2.75, 3.05) is 25.5 Å². The maximum Gasteiger partial charge on any atom is 0.238 e. The van der Waals surface area contributed by atoms with Crippen molar-refractivity contribution in [3.05, 3.63) is 29.8 Å². The number of nitrogens with one attached hydrogen (secondary N) is 1. The van der Waals surface area contributed by atoms with Gasteiger partial charge < -0.3 is 11.1 Å². The van der Waals surface area contributed by atoms with Crippen LogP contribution in [-0.4, -0.2) is 42.8 Å². The number of carbonyl (C=O) groups excluding carboxylic acids is 2. The SMILES string of the molecule is CC(=O)c1cccc(NC(=O)CN(C)C(CN)C2CC2)c1.Cl. The Morgan fingerprint density at radius 3 is 2.64 bits per heavy atom. The Labute approximate surface area is 137 Å². The van der Waals surface area contributed by atoms with Crippen LogP contribution in [0.15, 0.2) is 24.3 Å². The number of nitrogens with two attached hydrogens (primary N) is 1. The third-order valence-corrected chi connectivity index (χ3v) is 3.92. The maximum absolute atomic E-state index is 12.1. The van der Waals surface area contributed by atoms with Gasteiger partial charge in [0, 0.05) is 23.8 Å². The zero-order chi connectivity index (χ0) is 15.4. The number of likely N-dealkylation sites (N-methyl/N-ethyl adjacent to an activating group) is 1. The molecule has 5 nitrogen and oxygen atoms in total. The van der Waals surface area contributed by atoms with Gasteiger partial charge in [-0.3, -0.25) is 14.5 Å². The highest BCUT2D eigenvalue weighted by Crippen LogP contribution is 2.34. The largest absolute Gasteiger partial charge is 0.329 e. The number of carbonyl (C=O) groups is 2. The normalized spacial score (nSPS) is 15.1. The van der Waals surface area contributed by atoms with Gasteiger partial charge in [-0.25, -0.2) is 0 Å². The van der Waals surface area contributed by atoms with E-state index in [-0.39, 0.29) is 30.1 Å². The lowest BCUT2D eigenvalue weighted by atomic mass is 10.1. The number of halogens is 1. The Bertz CT molecular complexity index is 532. The van der Waals surface area contributed by atoms with Crippen LogP contribution in [0, 0.1) is 5.92 Å². The van der Waals surface area contributed by atoms with Gasteiger partial charge in [0.25, 0.3) is 0 Å². The summed E-state index contributed by atoms with van der Waals surface area (Å²) >= 11 is 0. The van der Waals surface area contributed by atoms with E-state index in [0.717, 1.165) is 0 Å². The van der Waals surface area contributed by atoms with Gasteiger partial charge in [-0.15, -0.1) is 12.4 Å². The van der Waals surface area contributed by atoms with Crippen LogP contribution in [0.2, 0.25) is 0 Å². The summed E-state index contributed by atoms with van der Waals surface area (Å²) in [6.07, 6.45) is 2.41. The summed E-state index contributed by atoms with van der Waals surface area (Å²) in [6, 6.07) is 7.26. The smallest absolute Gasteiger partial charge is 0.238 e. The first kappa shape index (κ1) is 18.6. The first-order chi connectivity index (χ1) is 10.0. The zero-order valence-corrected chi connectivity index (χ0v) is 13.9. The molecular formula is C16H24ClN3O2. The lowest BCUT2D eigenvalue weighted by Gasteiger charge is -2.26. The van der Waals surface area contributed by atoms with Crippen LogP contribution in [0.5, 0.6) is 0 Å². The van der Waals surface area contributed by atoms with Gasteiger partial charge in [0.1, 0.15) is 0 Å². The number of rotatable bonds is 7.